The van der Waals surface area contributed by atoms with Crippen LogP contribution in [0.1, 0.15) is 12.5 Å². The van der Waals surface area contributed by atoms with Crippen LogP contribution in [-0.2, 0) is 20.7 Å². The number of esters is 1. The summed E-state index contributed by atoms with van der Waals surface area (Å²) in [7, 11) is 1.34. The van der Waals surface area contributed by atoms with E-state index in [0.29, 0.717) is 9.92 Å². The molecule has 0 spiro atoms. The lowest BCUT2D eigenvalue weighted by Gasteiger charge is -2.04. The maximum Gasteiger partial charge on any atom is 0.309 e. The Morgan fingerprint density at radius 3 is 2.62 bits per heavy atom. The van der Waals surface area contributed by atoms with Crippen LogP contribution in [0.3, 0.4) is 0 Å². The number of hydrogen-bond acceptors (Lipinski definition) is 4. The van der Waals surface area contributed by atoms with Crippen molar-refractivity contribution in [3.8, 4) is 0 Å². The van der Waals surface area contributed by atoms with Crippen LogP contribution in [0.5, 0.6) is 0 Å². The topological polar surface area (TPSA) is 43.4 Å². The minimum absolute atomic E-state index is 0.0254. The second-order valence-corrected chi connectivity index (χ2v) is 4.74. The molecule has 0 aromatic heterocycles. The van der Waals surface area contributed by atoms with Crippen LogP contribution in [0.15, 0.2) is 23.1 Å². The molecule has 0 radical (unpaired) electrons. The smallest absolute Gasteiger partial charge is 0.309 e. The lowest BCUT2D eigenvalue weighted by atomic mass is 10.1. The van der Waals surface area contributed by atoms with Crippen molar-refractivity contribution in [2.75, 3.05) is 7.11 Å². The van der Waals surface area contributed by atoms with Crippen LogP contribution in [0.4, 0.5) is 0 Å². The fourth-order valence-electron chi connectivity index (χ4n) is 1.13. The van der Waals surface area contributed by atoms with Crippen molar-refractivity contribution in [1.82, 2.24) is 0 Å². The van der Waals surface area contributed by atoms with Gasteiger partial charge in [0.1, 0.15) is 0 Å². The Balaban J connectivity index is 2.82. The molecular weight excluding hydrogens is 248 g/mol. The molecule has 0 heterocycles. The number of methoxy groups -OCH3 is 1. The highest BCUT2D eigenvalue weighted by atomic mass is 35.5. The molecule has 1 rings (SSSR count). The predicted molar refractivity (Wildman–Crippen MR) is 63.7 cm³/mol. The highest BCUT2D eigenvalue weighted by molar-refractivity contribution is 8.13. The number of halogens is 1. The van der Waals surface area contributed by atoms with E-state index in [4.69, 9.17) is 11.6 Å². The van der Waals surface area contributed by atoms with E-state index < -0.39 is 0 Å². The average Bonchev–Trinajstić information content (AvgIpc) is 2.21. The molecule has 0 saturated carbocycles. The Morgan fingerprint density at radius 1 is 1.44 bits per heavy atom. The highest BCUT2D eigenvalue weighted by Gasteiger charge is 2.08. The maximum absolute atomic E-state index is 11.0. The predicted octanol–water partition coefficient (Wildman–Crippen LogP) is 2.69. The highest BCUT2D eigenvalue weighted by Crippen LogP contribution is 2.28. The van der Waals surface area contributed by atoms with Gasteiger partial charge in [-0.15, -0.1) is 0 Å². The monoisotopic (exact) mass is 258 g/mol. The summed E-state index contributed by atoms with van der Waals surface area (Å²) in [5, 5.41) is 0.448. The van der Waals surface area contributed by atoms with E-state index in [1.807, 2.05) is 0 Å². The first-order valence-corrected chi connectivity index (χ1v) is 5.76. The van der Waals surface area contributed by atoms with Gasteiger partial charge in [-0.1, -0.05) is 29.4 Å². The summed E-state index contributed by atoms with van der Waals surface area (Å²) in [6.07, 6.45) is 0.182. The fraction of sp³-hybridized carbons (Fsp3) is 0.273. The lowest BCUT2D eigenvalue weighted by Crippen LogP contribution is -2.04. The van der Waals surface area contributed by atoms with Crippen LogP contribution >= 0.6 is 23.4 Å². The minimum Gasteiger partial charge on any atom is -0.469 e. The normalized spacial score (nSPS) is 9.94. The van der Waals surface area contributed by atoms with Crippen molar-refractivity contribution in [3.05, 3.63) is 28.8 Å². The number of thioether (sulfide) groups is 1. The first-order chi connectivity index (χ1) is 7.52. The van der Waals surface area contributed by atoms with E-state index in [2.05, 4.69) is 4.74 Å². The first kappa shape index (κ1) is 13.1. The van der Waals surface area contributed by atoms with Gasteiger partial charge in [-0.25, -0.2) is 0 Å². The van der Waals surface area contributed by atoms with Gasteiger partial charge < -0.3 is 4.74 Å². The Kier molecular flexibility index (Phi) is 4.83. The van der Waals surface area contributed by atoms with Crippen molar-refractivity contribution in [2.45, 2.75) is 18.2 Å². The first-order valence-electron chi connectivity index (χ1n) is 4.56. The molecule has 0 saturated heterocycles. The SMILES string of the molecule is COC(=O)Cc1ccc(SC(C)=O)c(Cl)c1. The molecule has 1 aromatic rings. The summed E-state index contributed by atoms with van der Waals surface area (Å²) in [6, 6.07) is 5.16. The molecule has 1 aromatic carbocycles. The van der Waals surface area contributed by atoms with Crippen molar-refractivity contribution in [1.29, 1.82) is 0 Å². The quantitative estimate of drug-likeness (QED) is 0.618. The van der Waals surface area contributed by atoms with Crippen molar-refractivity contribution < 1.29 is 14.3 Å². The zero-order valence-corrected chi connectivity index (χ0v) is 10.5. The number of rotatable bonds is 3. The standard InChI is InChI=1S/C11H11ClO3S/c1-7(13)16-10-4-3-8(5-9(10)12)6-11(14)15-2/h3-5H,6H2,1-2H3. The van der Waals surface area contributed by atoms with Gasteiger partial charge in [0.15, 0.2) is 5.12 Å². The van der Waals surface area contributed by atoms with Gasteiger partial charge in [0.05, 0.1) is 18.6 Å². The molecule has 86 valence electrons. The molecule has 0 aliphatic heterocycles. The van der Waals surface area contributed by atoms with E-state index >= 15 is 0 Å². The molecular formula is C11H11ClO3S. The van der Waals surface area contributed by atoms with Crippen molar-refractivity contribution >= 4 is 34.4 Å². The van der Waals surface area contributed by atoms with Crippen LogP contribution < -0.4 is 0 Å². The summed E-state index contributed by atoms with van der Waals surface area (Å²) >= 11 is 7.05. The second kappa shape index (κ2) is 5.92. The number of benzene rings is 1. The number of carbonyl (C=O) groups excluding carboxylic acids is 2. The molecule has 0 aliphatic rings. The Labute approximate surface area is 103 Å². The van der Waals surface area contributed by atoms with Crippen LogP contribution in [0.2, 0.25) is 5.02 Å². The number of carbonyl (C=O) groups is 2. The molecule has 5 heteroatoms. The van der Waals surface area contributed by atoms with Gasteiger partial charge in [0, 0.05) is 11.8 Å². The molecule has 0 N–H and O–H groups in total. The van der Waals surface area contributed by atoms with E-state index in [-0.39, 0.29) is 17.5 Å². The largest absolute Gasteiger partial charge is 0.469 e. The summed E-state index contributed by atoms with van der Waals surface area (Å²) in [6.45, 7) is 1.48. The summed E-state index contributed by atoms with van der Waals surface area (Å²) in [4.78, 5) is 22.6. The van der Waals surface area contributed by atoms with Gasteiger partial charge in [0.25, 0.3) is 0 Å². The zero-order valence-electron chi connectivity index (χ0n) is 8.95. The Bertz CT molecular complexity index is 418. The molecule has 16 heavy (non-hydrogen) atoms. The van der Waals surface area contributed by atoms with Gasteiger partial charge in [0.2, 0.25) is 0 Å². The summed E-state index contributed by atoms with van der Waals surface area (Å²) < 4.78 is 4.55. The third kappa shape index (κ3) is 3.87. The summed E-state index contributed by atoms with van der Waals surface area (Å²) in [5.74, 6) is -0.317. The van der Waals surface area contributed by atoms with Crippen molar-refractivity contribution in [3.63, 3.8) is 0 Å². The van der Waals surface area contributed by atoms with Crippen molar-refractivity contribution in [2.24, 2.45) is 0 Å². The zero-order chi connectivity index (χ0) is 12.1. The lowest BCUT2D eigenvalue weighted by molar-refractivity contribution is -0.139. The molecule has 0 unspecified atom stereocenters. The molecule has 0 atom stereocenters. The Hall–Kier alpha value is -1.00. The van der Waals surface area contributed by atoms with Gasteiger partial charge in [-0.3, -0.25) is 9.59 Å². The minimum atomic E-state index is -0.317. The maximum atomic E-state index is 11.0. The number of hydrogen-bond donors (Lipinski definition) is 0. The fourth-order valence-corrected chi connectivity index (χ4v) is 2.05. The second-order valence-electron chi connectivity index (χ2n) is 3.11. The average molecular weight is 259 g/mol. The van der Waals surface area contributed by atoms with E-state index in [1.165, 1.54) is 14.0 Å². The molecule has 0 fully saturated rings. The molecule has 3 nitrogen and oxygen atoms in total. The third-order valence-corrected chi connectivity index (χ3v) is 3.11. The summed E-state index contributed by atoms with van der Waals surface area (Å²) in [5.41, 5.74) is 0.768. The number of ether oxygens (including phenoxy) is 1. The Morgan fingerprint density at radius 2 is 2.12 bits per heavy atom. The van der Waals surface area contributed by atoms with Gasteiger partial charge >= 0.3 is 5.97 Å². The molecule has 0 bridgehead atoms. The van der Waals surface area contributed by atoms with Gasteiger partial charge in [-0.2, -0.15) is 0 Å². The van der Waals surface area contributed by atoms with E-state index in [0.717, 1.165) is 17.3 Å². The molecule has 0 aliphatic carbocycles. The molecule has 0 amide bonds. The van der Waals surface area contributed by atoms with Crippen LogP contribution in [-0.4, -0.2) is 18.2 Å². The van der Waals surface area contributed by atoms with E-state index in [1.54, 1.807) is 18.2 Å². The van der Waals surface area contributed by atoms with Crippen LogP contribution in [0, 0.1) is 0 Å². The van der Waals surface area contributed by atoms with E-state index in [9.17, 15) is 9.59 Å². The third-order valence-electron chi connectivity index (χ3n) is 1.83. The van der Waals surface area contributed by atoms with Crippen LogP contribution in [0.25, 0.3) is 0 Å². The van der Waals surface area contributed by atoms with Gasteiger partial charge in [-0.05, 0) is 17.7 Å².